The number of hydrogen-bond acceptors (Lipinski definition) is 5. The average molecular weight is 376 g/mol. The van der Waals surface area contributed by atoms with Gasteiger partial charge >= 0.3 is 0 Å². The summed E-state index contributed by atoms with van der Waals surface area (Å²) in [5.41, 5.74) is 0.333. The summed E-state index contributed by atoms with van der Waals surface area (Å²) in [6.45, 7) is 6.88. The number of aromatic nitrogens is 2. The third kappa shape index (κ3) is 8.03. The summed E-state index contributed by atoms with van der Waals surface area (Å²) < 4.78 is 0. The van der Waals surface area contributed by atoms with Crippen molar-refractivity contribution in [2.75, 3.05) is 39.3 Å². The highest BCUT2D eigenvalue weighted by atomic mass is 16.2. The van der Waals surface area contributed by atoms with Gasteiger partial charge in [-0.25, -0.2) is 4.98 Å². The van der Waals surface area contributed by atoms with Crippen molar-refractivity contribution in [3.8, 4) is 0 Å². The average Bonchev–Trinajstić information content (AvgIpc) is 2.72. The lowest BCUT2D eigenvalue weighted by molar-refractivity contribution is -0.121. The van der Waals surface area contributed by atoms with Gasteiger partial charge in [-0.3, -0.25) is 14.6 Å². The number of piperidine rings is 1. The van der Waals surface area contributed by atoms with Crippen LogP contribution in [0.1, 0.15) is 62.4 Å². The molecule has 0 bridgehead atoms. The van der Waals surface area contributed by atoms with E-state index in [-0.39, 0.29) is 11.8 Å². The largest absolute Gasteiger partial charge is 0.356 e. The zero-order valence-electron chi connectivity index (χ0n) is 16.5. The Bertz CT molecular complexity index is 561. The molecule has 1 aromatic heterocycles. The van der Waals surface area contributed by atoms with Crippen molar-refractivity contribution in [1.82, 2.24) is 25.1 Å². The predicted octanol–water partition coefficient (Wildman–Crippen LogP) is 2.10. The first-order chi connectivity index (χ1) is 13.2. The second-order valence-corrected chi connectivity index (χ2v) is 7.09. The van der Waals surface area contributed by atoms with Crippen molar-refractivity contribution < 1.29 is 9.59 Å². The van der Waals surface area contributed by atoms with Gasteiger partial charge in [0.15, 0.2) is 0 Å². The number of likely N-dealkylation sites (tertiary alicyclic amines) is 1. The minimum Gasteiger partial charge on any atom is -0.356 e. The highest BCUT2D eigenvalue weighted by Gasteiger charge is 2.20. The molecule has 1 aromatic rings. The Morgan fingerprint density at radius 1 is 1.15 bits per heavy atom. The molecule has 2 heterocycles. The number of unbranched alkanes of at least 4 members (excludes halogenated alkanes) is 2. The number of hydrogen-bond donors (Lipinski definition) is 1. The second-order valence-electron chi connectivity index (χ2n) is 7.09. The van der Waals surface area contributed by atoms with E-state index in [9.17, 15) is 9.59 Å². The molecule has 0 aromatic carbocycles. The fourth-order valence-electron chi connectivity index (χ4n) is 3.26. The van der Waals surface area contributed by atoms with E-state index in [1.807, 2.05) is 0 Å². The van der Waals surface area contributed by atoms with Crippen LogP contribution < -0.4 is 5.32 Å². The lowest BCUT2D eigenvalue weighted by Crippen LogP contribution is -2.42. The molecule has 0 atom stereocenters. The van der Waals surface area contributed by atoms with E-state index in [0.29, 0.717) is 31.7 Å². The molecule has 1 saturated heterocycles. The molecule has 0 aliphatic carbocycles. The molecule has 1 aliphatic rings. The monoisotopic (exact) mass is 375 g/mol. The van der Waals surface area contributed by atoms with Crippen LogP contribution in [0.4, 0.5) is 0 Å². The third-order valence-corrected chi connectivity index (χ3v) is 4.92. The van der Waals surface area contributed by atoms with Crippen LogP contribution in [0.15, 0.2) is 18.6 Å². The lowest BCUT2D eigenvalue weighted by atomic mass is 10.1. The maximum Gasteiger partial charge on any atom is 0.274 e. The molecule has 27 heavy (non-hydrogen) atoms. The van der Waals surface area contributed by atoms with Gasteiger partial charge in [0.2, 0.25) is 5.91 Å². The molecule has 0 spiro atoms. The summed E-state index contributed by atoms with van der Waals surface area (Å²) in [4.78, 5) is 37.1. The van der Waals surface area contributed by atoms with Crippen molar-refractivity contribution in [2.24, 2.45) is 0 Å². The van der Waals surface area contributed by atoms with Crippen LogP contribution in [-0.2, 0) is 4.79 Å². The van der Waals surface area contributed by atoms with E-state index in [2.05, 4.69) is 27.1 Å². The molecule has 7 heteroatoms. The van der Waals surface area contributed by atoms with Gasteiger partial charge in [-0.1, -0.05) is 26.2 Å². The van der Waals surface area contributed by atoms with E-state index in [0.717, 1.165) is 38.9 Å². The first kappa shape index (κ1) is 21.3. The molecular formula is C20H33N5O2. The predicted molar refractivity (Wildman–Crippen MR) is 105 cm³/mol. The Morgan fingerprint density at radius 2 is 1.96 bits per heavy atom. The third-order valence-electron chi connectivity index (χ3n) is 4.92. The van der Waals surface area contributed by atoms with Crippen LogP contribution in [0, 0.1) is 0 Å². The highest BCUT2D eigenvalue weighted by Crippen LogP contribution is 2.09. The zero-order chi connectivity index (χ0) is 19.3. The molecule has 7 nitrogen and oxygen atoms in total. The van der Waals surface area contributed by atoms with Crippen molar-refractivity contribution in [3.05, 3.63) is 24.3 Å². The number of nitrogens with one attached hydrogen (secondary N) is 1. The second kappa shape index (κ2) is 12.4. The minimum absolute atomic E-state index is 0.000946. The summed E-state index contributed by atoms with van der Waals surface area (Å²) >= 11 is 0. The van der Waals surface area contributed by atoms with Crippen LogP contribution >= 0.6 is 0 Å². The van der Waals surface area contributed by atoms with Crippen LogP contribution in [-0.4, -0.2) is 70.9 Å². The normalized spacial score (nSPS) is 14.7. The van der Waals surface area contributed by atoms with Crippen molar-refractivity contribution in [1.29, 1.82) is 0 Å². The van der Waals surface area contributed by atoms with Crippen LogP contribution in [0.25, 0.3) is 0 Å². The van der Waals surface area contributed by atoms with E-state index < -0.39 is 0 Å². The zero-order valence-corrected chi connectivity index (χ0v) is 16.5. The summed E-state index contributed by atoms with van der Waals surface area (Å²) in [5.74, 6) is -0.153. The summed E-state index contributed by atoms with van der Waals surface area (Å²) in [5, 5.41) is 2.94. The Hall–Kier alpha value is -2.02. The molecule has 0 saturated carbocycles. The molecule has 1 aliphatic heterocycles. The van der Waals surface area contributed by atoms with E-state index >= 15 is 0 Å². The molecular weight excluding hydrogens is 342 g/mol. The molecule has 2 rings (SSSR count). The molecule has 0 radical (unpaired) electrons. The van der Waals surface area contributed by atoms with E-state index in [1.165, 1.54) is 31.7 Å². The molecule has 1 fully saturated rings. The van der Waals surface area contributed by atoms with Gasteiger partial charge in [-0.15, -0.1) is 0 Å². The number of rotatable bonds is 11. The fraction of sp³-hybridized carbons (Fsp3) is 0.700. The number of amides is 2. The first-order valence-electron chi connectivity index (χ1n) is 10.2. The van der Waals surface area contributed by atoms with Gasteiger partial charge < -0.3 is 15.1 Å². The maximum absolute atomic E-state index is 12.8. The van der Waals surface area contributed by atoms with Crippen molar-refractivity contribution >= 4 is 11.8 Å². The minimum atomic E-state index is -0.154. The smallest absolute Gasteiger partial charge is 0.274 e. The van der Waals surface area contributed by atoms with Gasteiger partial charge in [0.05, 0.1) is 6.20 Å². The molecule has 1 N–H and O–H groups in total. The Balaban J connectivity index is 1.86. The summed E-state index contributed by atoms with van der Waals surface area (Å²) in [6, 6.07) is 0. The van der Waals surface area contributed by atoms with Crippen molar-refractivity contribution in [3.63, 3.8) is 0 Å². The fourth-order valence-corrected chi connectivity index (χ4v) is 3.26. The standard InChI is InChI=1S/C20H33N5O2/c1-2-3-5-9-23-19(26)8-14-25(16-15-24-12-6-4-7-13-24)20(27)18-17-21-10-11-22-18/h10-11,17H,2-9,12-16H2,1H3,(H,23,26). The van der Waals surface area contributed by atoms with Gasteiger partial charge in [0, 0.05) is 45.0 Å². The molecule has 0 unspecified atom stereocenters. The van der Waals surface area contributed by atoms with Crippen LogP contribution in [0.2, 0.25) is 0 Å². The summed E-state index contributed by atoms with van der Waals surface area (Å²) in [7, 11) is 0. The SMILES string of the molecule is CCCCCNC(=O)CCN(CCN1CCCCC1)C(=O)c1cnccn1. The van der Waals surface area contributed by atoms with E-state index in [4.69, 9.17) is 0 Å². The number of carbonyl (C=O) groups is 2. The quantitative estimate of drug-likeness (QED) is 0.599. The Labute approximate surface area is 162 Å². The van der Waals surface area contributed by atoms with Gasteiger partial charge in [0.1, 0.15) is 5.69 Å². The van der Waals surface area contributed by atoms with Gasteiger partial charge in [-0.2, -0.15) is 0 Å². The van der Waals surface area contributed by atoms with Gasteiger partial charge in [0.25, 0.3) is 5.91 Å². The van der Waals surface area contributed by atoms with Crippen LogP contribution in [0.5, 0.6) is 0 Å². The highest BCUT2D eigenvalue weighted by molar-refractivity contribution is 5.92. The molecule has 150 valence electrons. The Morgan fingerprint density at radius 3 is 2.67 bits per heavy atom. The summed E-state index contributed by atoms with van der Waals surface area (Å²) in [6.07, 6.45) is 11.9. The lowest BCUT2D eigenvalue weighted by Gasteiger charge is -2.30. The molecule has 2 amide bonds. The van der Waals surface area contributed by atoms with Crippen molar-refractivity contribution in [2.45, 2.75) is 51.9 Å². The Kier molecular flexibility index (Phi) is 9.76. The number of nitrogens with zero attached hydrogens (tertiary/aromatic N) is 4. The van der Waals surface area contributed by atoms with Crippen LogP contribution in [0.3, 0.4) is 0 Å². The topological polar surface area (TPSA) is 78.4 Å². The first-order valence-corrected chi connectivity index (χ1v) is 10.2. The van der Waals surface area contributed by atoms with E-state index in [1.54, 1.807) is 11.1 Å². The van der Waals surface area contributed by atoms with Gasteiger partial charge in [-0.05, 0) is 32.4 Å². The maximum atomic E-state index is 12.8. The number of carbonyl (C=O) groups excluding carboxylic acids is 2.